The molecule has 0 heterocycles. The predicted molar refractivity (Wildman–Crippen MR) is 102 cm³/mol. The number of nitrogens with one attached hydrogen (secondary N) is 1. The summed E-state index contributed by atoms with van der Waals surface area (Å²) in [6.45, 7) is -0.346. The van der Waals surface area contributed by atoms with E-state index in [1.807, 2.05) is 35.6 Å². The van der Waals surface area contributed by atoms with Crippen LogP contribution >= 0.6 is 0 Å². The van der Waals surface area contributed by atoms with Crippen molar-refractivity contribution in [3.63, 3.8) is 0 Å². The first-order valence-electron chi connectivity index (χ1n) is 8.70. The number of rotatable bonds is 7. The summed E-state index contributed by atoms with van der Waals surface area (Å²) in [5, 5.41) is 2.04. The van der Waals surface area contributed by atoms with Gasteiger partial charge in [0, 0.05) is 0 Å². The Bertz CT molecular complexity index is 971. The zero-order valence-corrected chi connectivity index (χ0v) is 15.2. The third kappa shape index (κ3) is 5.62. The van der Waals surface area contributed by atoms with E-state index in [0.717, 1.165) is 23.4 Å². The number of carbonyl (C=O) groups excluding carboxylic acids is 2. The van der Waals surface area contributed by atoms with Crippen LogP contribution in [0.1, 0.15) is 15.9 Å². The molecule has 0 unspecified atom stereocenters. The van der Waals surface area contributed by atoms with Gasteiger partial charge < -0.3 is 14.8 Å². The quantitative estimate of drug-likeness (QED) is 0.603. The molecule has 5 nitrogen and oxygen atoms in total. The molecule has 148 valence electrons. The molecule has 0 aliphatic heterocycles. The summed E-state index contributed by atoms with van der Waals surface area (Å²) in [5.74, 6) is -2.69. The van der Waals surface area contributed by atoms with Crippen molar-refractivity contribution < 1.29 is 27.8 Å². The average Bonchev–Trinajstić information content (AvgIpc) is 2.74. The number of hydrogen-bond acceptors (Lipinski definition) is 4. The third-order valence-corrected chi connectivity index (χ3v) is 3.90. The molecule has 0 fully saturated rings. The zero-order chi connectivity index (χ0) is 20.6. The first kappa shape index (κ1) is 20.0. The lowest BCUT2D eigenvalue weighted by atomic mass is 10.1. The summed E-state index contributed by atoms with van der Waals surface area (Å²) in [4.78, 5) is 23.8. The van der Waals surface area contributed by atoms with E-state index in [1.165, 1.54) is 6.07 Å². The molecular weight excluding hydrogens is 380 g/mol. The molecule has 1 N–H and O–H groups in total. The van der Waals surface area contributed by atoms with Crippen molar-refractivity contribution in [2.75, 3.05) is 11.9 Å². The van der Waals surface area contributed by atoms with Crippen LogP contribution in [-0.2, 0) is 16.1 Å². The maximum Gasteiger partial charge on any atom is 0.338 e. The standard InChI is InChI=1S/C22H17F2NO4/c23-18-7-4-8-19(24)21(18)25-20(26)14-29-22(27)16-11-9-15(10-12-16)13-28-17-5-2-1-3-6-17/h1-12H,13-14H2,(H,25,26). The lowest BCUT2D eigenvalue weighted by Crippen LogP contribution is -2.22. The molecule has 7 heteroatoms. The van der Waals surface area contributed by atoms with Crippen LogP contribution < -0.4 is 10.1 Å². The normalized spacial score (nSPS) is 10.3. The molecule has 0 saturated carbocycles. The van der Waals surface area contributed by atoms with Gasteiger partial charge in [-0.1, -0.05) is 36.4 Å². The van der Waals surface area contributed by atoms with E-state index in [0.29, 0.717) is 6.61 Å². The monoisotopic (exact) mass is 397 g/mol. The Morgan fingerprint density at radius 2 is 1.48 bits per heavy atom. The highest BCUT2D eigenvalue weighted by Crippen LogP contribution is 2.18. The molecule has 0 saturated heterocycles. The minimum atomic E-state index is -0.919. The Balaban J connectivity index is 1.49. The van der Waals surface area contributed by atoms with Gasteiger partial charge in [0.25, 0.3) is 5.91 Å². The minimum Gasteiger partial charge on any atom is -0.489 e. The Morgan fingerprint density at radius 3 is 2.14 bits per heavy atom. The van der Waals surface area contributed by atoms with Crippen LogP contribution in [0.3, 0.4) is 0 Å². The fourth-order valence-electron chi connectivity index (χ4n) is 2.43. The van der Waals surface area contributed by atoms with Gasteiger partial charge in [0.1, 0.15) is 29.7 Å². The topological polar surface area (TPSA) is 64.6 Å². The van der Waals surface area contributed by atoms with E-state index in [4.69, 9.17) is 9.47 Å². The summed E-state index contributed by atoms with van der Waals surface area (Å²) in [5.41, 5.74) is 0.493. The van der Waals surface area contributed by atoms with Crippen molar-refractivity contribution in [1.82, 2.24) is 0 Å². The van der Waals surface area contributed by atoms with Crippen LogP contribution in [0.2, 0.25) is 0 Å². The van der Waals surface area contributed by atoms with Crippen molar-refractivity contribution in [3.05, 3.63) is 95.6 Å². The highest BCUT2D eigenvalue weighted by Gasteiger charge is 2.14. The molecule has 0 radical (unpaired) electrons. The maximum absolute atomic E-state index is 13.5. The summed E-state index contributed by atoms with van der Waals surface area (Å²) in [6, 6.07) is 19.0. The van der Waals surface area contributed by atoms with Gasteiger partial charge in [-0.2, -0.15) is 0 Å². The molecule has 3 aromatic rings. The predicted octanol–water partition coefficient (Wildman–Crippen LogP) is 4.34. The Labute approximate surface area is 165 Å². The van der Waals surface area contributed by atoms with Crippen LogP contribution in [0, 0.1) is 11.6 Å². The van der Waals surface area contributed by atoms with Crippen LogP contribution in [0.4, 0.5) is 14.5 Å². The largest absolute Gasteiger partial charge is 0.489 e. The Morgan fingerprint density at radius 1 is 0.828 bits per heavy atom. The van der Waals surface area contributed by atoms with Crippen LogP contribution in [0.5, 0.6) is 5.75 Å². The molecule has 1 amide bonds. The number of carbonyl (C=O) groups is 2. The van der Waals surface area contributed by atoms with Crippen molar-refractivity contribution in [2.24, 2.45) is 0 Å². The van der Waals surface area contributed by atoms with Gasteiger partial charge in [-0.3, -0.25) is 4.79 Å². The van der Waals surface area contributed by atoms with Crippen molar-refractivity contribution >= 4 is 17.6 Å². The lowest BCUT2D eigenvalue weighted by Gasteiger charge is -2.09. The van der Waals surface area contributed by atoms with E-state index in [9.17, 15) is 18.4 Å². The van der Waals surface area contributed by atoms with Crippen molar-refractivity contribution in [2.45, 2.75) is 6.61 Å². The van der Waals surface area contributed by atoms with Gasteiger partial charge in [-0.05, 0) is 42.0 Å². The molecule has 3 aromatic carbocycles. The number of halogens is 2. The van der Waals surface area contributed by atoms with E-state index >= 15 is 0 Å². The molecule has 0 spiro atoms. The Hall–Kier alpha value is -3.74. The van der Waals surface area contributed by atoms with Gasteiger partial charge in [-0.15, -0.1) is 0 Å². The smallest absolute Gasteiger partial charge is 0.338 e. The Kier molecular flexibility index (Phi) is 6.52. The molecule has 29 heavy (non-hydrogen) atoms. The van der Waals surface area contributed by atoms with Gasteiger partial charge in [0.15, 0.2) is 6.61 Å². The first-order chi connectivity index (χ1) is 14.0. The van der Waals surface area contributed by atoms with Gasteiger partial charge >= 0.3 is 5.97 Å². The fraction of sp³-hybridized carbons (Fsp3) is 0.0909. The molecule has 0 aromatic heterocycles. The average molecular weight is 397 g/mol. The number of benzene rings is 3. The highest BCUT2D eigenvalue weighted by atomic mass is 19.1. The molecule has 0 atom stereocenters. The molecule has 0 aliphatic rings. The van der Waals surface area contributed by atoms with Crippen molar-refractivity contribution in [1.29, 1.82) is 0 Å². The van der Waals surface area contributed by atoms with Crippen LogP contribution in [-0.4, -0.2) is 18.5 Å². The van der Waals surface area contributed by atoms with E-state index in [-0.39, 0.29) is 5.56 Å². The van der Waals surface area contributed by atoms with E-state index < -0.39 is 35.8 Å². The molecular formula is C22H17F2NO4. The maximum atomic E-state index is 13.5. The first-order valence-corrected chi connectivity index (χ1v) is 8.70. The summed E-state index contributed by atoms with van der Waals surface area (Å²) >= 11 is 0. The second kappa shape index (κ2) is 9.45. The molecule has 3 rings (SSSR count). The number of para-hydroxylation sites is 2. The molecule has 0 aliphatic carbocycles. The van der Waals surface area contributed by atoms with Crippen molar-refractivity contribution in [3.8, 4) is 5.75 Å². The third-order valence-electron chi connectivity index (χ3n) is 3.90. The second-order valence-electron chi connectivity index (χ2n) is 6.02. The van der Waals surface area contributed by atoms with Gasteiger partial charge in [0.05, 0.1) is 5.56 Å². The SMILES string of the molecule is O=C(COC(=O)c1ccc(COc2ccccc2)cc1)Nc1c(F)cccc1F. The van der Waals surface area contributed by atoms with Crippen LogP contribution in [0.25, 0.3) is 0 Å². The van der Waals surface area contributed by atoms with Gasteiger partial charge in [0.2, 0.25) is 0 Å². The number of anilines is 1. The number of hydrogen-bond donors (Lipinski definition) is 1. The van der Waals surface area contributed by atoms with E-state index in [2.05, 4.69) is 0 Å². The summed E-state index contributed by atoms with van der Waals surface area (Å²) < 4.78 is 37.5. The number of esters is 1. The van der Waals surface area contributed by atoms with Crippen LogP contribution in [0.15, 0.2) is 72.8 Å². The summed E-state index contributed by atoms with van der Waals surface area (Å²) in [6.07, 6.45) is 0. The summed E-state index contributed by atoms with van der Waals surface area (Å²) in [7, 11) is 0. The number of amides is 1. The van der Waals surface area contributed by atoms with E-state index in [1.54, 1.807) is 24.3 Å². The lowest BCUT2D eigenvalue weighted by molar-refractivity contribution is -0.119. The minimum absolute atomic E-state index is 0.235. The fourth-order valence-corrected chi connectivity index (χ4v) is 2.43. The van der Waals surface area contributed by atoms with Gasteiger partial charge in [-0.25, -0.2) is 13.6 Å². The zero-order valence-electron chi connectivity index (χ0n) is 15.2. The number of ether oxygens (including phenoxy) is 2. The second-order valence-corrected chi connectivity index (χ2v) is 6.02. The highest BCUT2D eigenvalue weighted by molar-refractivity contribution is 5.95. The molecule has 0 bridgehead atoms.